The van der Waals surface area contributed by atoms with E-state index in [-0.39, 0.29) is 12.1 Å². The van der Waals surface area contributed by atoms with E-state index in [4.69, 9.17) is 10.5 Å². The van der Waals surface area contributed by atoms with Gasteiger partial charge in [-0.25, -0.2) is 0 Å². The minimum atomic E-state index is -0.442. The van der Waals surface area contributed by atoms with Crippen LogP contribution in [0.1, 0.15) is 33.6 Å². The van der Waals surface area contributed by atoms with E-state index in [0.717, 1.165) is 6.42 Å². The first kappa shape index (κ1) is 10.4. The fraction of sp³-hybridized carbons (Fsp3) is 0.875. The van der Waals surface area contributed by atoms with Crippen LogP contribution in [0, 0.1) is 0 Å². The Morgan fingerprint density at radius 3 is 2.45 bits per heavy atom. The normalized spacial score (nSPS) is 13.2. The Bertz CT molecular complexity index is 123. The van der Waals surface area contributed by atoms with E-state index in [9.17, 15) is 4.79 Å². The van der Waals surface area contributed by atoms with Gasteiger partial charge in [0.05, 0.1) is 6.10 Å². The zero-order valence-corrected chi connectivity index (χ0v) is 7.46. The Hall–Kier alpha value is -0.570. The fourth-order valence-electron chi connectivity index (χ4n) is 0.749. The minimum Gasteiger partial charge on any atom is -0.462 e. The fourth-order valence-corrected chi connectivity index (χ4v) is 0.749. The molecule has 3 heteroatoms. The average Bonchev–Trinajstić information content (AvgIpc) is 1.86. The zero-order chi connectivity index (χ0) is 8.85. The molecule has 0 saturated carbocycles. The molecule has 0 aliphatic rings. The van der Waals surface area contributed by atoms with Gasteiger partial charge in [0.2, 0.25) is 0 Å². The average molecular weight is 159 g/mol. The summed E-state index contributed by atoms with van der Waals surface area (Å²) in [5.74, 6) is -0.290. The second-order valence-electron chi connectivity index (χ2n) is 2.88. The molecule has 0 aromatic rings. The second-order valence-corrected chi connectivity index (χ2v) is 2.88. The molecule has 0 amide bonds. The van der Waals surface area contributed by atoms with Crippen LogP contribution in [0.4, 0.5) is 0 Å². The van der Waals surface area contributed by atoms with Gasteiger partial charge in [-0.05, 0) is 20.3 Å². The number of carbonyl (C=O) groups is 1. The molecule has 1 atom stereocenters. The van der Waals surface area contributed by atoms with Crippen molar-refractivity contribution in [1.82, 2.24) is 0 Å². The monoisotopic (exact) mass is 159 g/mol. The highest BCUT2D eigenvalue weighted by molar-refractivity contribution is 5.75. The minimum absolute atomic E-state index is 0.0644. The largest absolute Gasteiger partial charge is 0.462 e. The summed E-state index contributed by atoms with van der Waals surface area (Å²) in [6.45, 7) is 5.62. The molecule has 66 valence electrons. The molecule has 0 heterocycles. The predicted octanol–water partition coefficient (Wildman–Crippen LogP) is 1.07. The third kappa shape index (κ3) is 4.79. The van der Waals surface area contributed by atoms with E-state index >= 15 is 0 Å². The maximum Gasteiger partial charge on any atom is 0.323 e. The van der Waals surface area contributed by atoms with E-state index in [0.29, 0.717) is 6.42 Å². The van der Waals surface area contributed by atoms with Crippen LogP contribution in [-0.4, -0.2) is 18.1 Å². The van der Waals surface area contributed by atoms with Crippen LogP contribution in [-0.2, 0) is 9.53 Å². The highest BCUT2D eigenvalue weighted by atomic mass is 16.5. The first-order valence-corrected chi connectivity index (χ1v) is 4.04. The van der Waals surface area contributed by atoms with Gasteiger partial charge in [-0.1, -0.05) is 13.3 Å². The molecule has 3 nitrogen and oxygen atoms in total. The number of rotatable bonds is 4. The summed E-state index contributed by atoms with van der Waals surface area (Å²) in [4.78, 5) is 11.0. The Labute approximate surface area is 67.9 Å². The molecule has 0 aromatic carbocycles. The number of nitrogens with two attached hydrogens (primary N) is 1. The Kier molecular flexibility index (Phi) is 4.86. The highest BCUT2D eigenvalue weighted by Gasteiger charge is 2.14. The first-order chi connectivity index (χ1) is 5.07. The summed E-state index contributed by atoms with van der Waals surface area (Å²) < 4.78 is 4.90. The van der Waals surface area contributed by atoms with Crippen LogP contribution in [0.2, 0.25) is 0 Å². The van der Waals surface area contributed by atoms with Crippen molar-refractivity contribution in [2.45, 2.75) is 45.8 Å². The maximum atomic E-state index is 11.0. The molecule has 0 spiro atoms. The third-order valence-electron chi connectivity index (χ3n) is 1.25. The van der Waals surface area contributed by atoms with E-state index in [1.165, 1.54) is 0 Å². The van der Waals surface area contributed by atoms with E-state index < -0.39 is 6.04 Å². The molecular formula is C8H17NO2. The smallest absolute Gasteiger partial charge is 0.323 e. The summed E-state index contributed by atoms with van der Waals surface area (Å²) in [5, 5.41) is 0. The Morgan fingerprint density at radius 2 is 2.09 bits per heavy atom. The van der Waals surface area contributed by atoms with Crippen molar-refractivity contribution in [3.8, 4) is 0 Å². The summed E-state index contributed by atoms with van der Waals surface area (Å²) in [6.07, 6.45) is 1.55. The standard InChI is InChI=1S/C8H17NO2/c1-4-5-7(9)8(10)11-6(2)3/h6-7H,4-5,9H2,1-3H3. The molecule has 0 saturated heterocycles. The summed E-state index contributed by atoms with van der Waals surface area (Å²) in [5.41, 5.74) is 5.50. The lowest BCUT2D eigenvalue weighted by Crippen LogP contribution is -2.33. The van der Waals surface area contributed by atoms with Crippen LogP contribution in [0.3, 0.4) is 0 Å². The lowest BCUT2D eigenvalue weighted by atomic mass is 10.2. The molecule has 0 radical (unpaired) electrons. The Balaban J connectivity index is 3.64. The summed E-state index contributed by atoms with van der Waals surface area (Å²) >= 11 is 0. The molecule has 11 heavy (non-hydrogen) atoms. The molecular weight excluding hydrogens is 142 g/mol. The van der Waals surface area contributed by atoms with Crippen LogP contribution < -0.4 is 5.73 Å². The Morgan fingerprint density at radius 1 is 1.55 bits per heavy atom. The van der Waals surface area contributed by atoms with Gasteiger partial charge in [-0.15, -0.1) is 0 Å². The number of esters is 1. The molecule has 2 N–H and O–H groups in total. The van der Waals surface area contributed by atoms with Crippen LogP contribution in [0.15, 0.2) is 0 Å². The van der Waals surface area contributed by atoms with Gasteiger partial charge in [-0.3, -0.25) is 4.79 Å². The van der Waals surface area contributed by atoms with Crippen molar-refractivity contribution in [1.29, 1.82) is 0 Å². The van der Waals surface area contributed by atoms with Crippen molar-refractivity contribution >= 4 is 5.97 Å². The predicted molar refractivity (Wildman–Crippen MR) is 44.1 cm³/mol. The van der Waals surface area contributed by atoms with Gasteiger partial charge >= 0.3 is 5.97 Å². The van der Waals surface area contributed by atoms with Crippen LogP contribution >= 0.6 is 0 Å². The summed E-state index contributed by atoms with van der Waals surface area (Å²) in [7, 11) is 0. The van der Waals surface area contributed by atoms with Crippen molar-refractivity contribution in [2.75, 3.05) is 0 Å². The number of hydrogen-bond acceptors (Lipinski definition) is 3. The highest BCUT2D eigenvalue weighted by Crippen LogP contribution is 1.98. The summed E-state index contributed by atoms with van der Waals surface area (Å²) in [6, 6.07) is -0.442. The van der Waals surface area contributed by atoms with Gasteiger partial charge in [0, 0.05) is 0 Å². The molecule has 0 aliphatic heterocycles. The van der Waals surface area contributed by atoms with Gasteiger partial charge in [0.25, 0.3) is 0 Å². The third-order valence-corrected chi connectivity index (χ3v) is 1.25. The van der Waals surface area contributed by atoms with Crippen molar-refractivity contribution in [3.05, 3.63) is 0 Å². The quantitative estimate of drug-likeness (QED) is 0.624. The molecule has 0 fully saturated rings. The maximum absolute atomic E-state index is 11.0. The van der Waals surface area contributed by atoms with E-state index in [2.05, 4.69) is 0 Å². The lowest BCUT2D eigenvalue weighted by Gasteiger charge is -2.12. The first-order valence-electron chi connectivity index (χ1n) is 4.04. The molecule has 0 rings (SSSR count). The van der Waals surface area contributed by atoms with Crippen molar-refractivity contribution in [3.63, 3.8) is 0 Å². The van der Waals surface area contributed by atoms with Crippen LogP contribution in [0.25, 0.3) is 0 Å². The molecule has 0 bridgehead atoms. The topological polar surface area (TPSA) is 52.3 Å². The zero-order valence-electron chi connectivity index (χ0n) is 7.46. The number of ether oxygens (including phenoxy) is 1. The van der Waals surface area contributed by atoms with E-state index in [1.807, 2.05) is 20.8 Å². The second kappa shape index (κ2) is 5.13. The number of carbonyl (C=O) groups excluding carboxylic acids is 1. The SMILES string of the molecule is CCCC(N)C(=O)OC(C)C. The molecule has 0 aromatic heterocycles. The van der Waals surface area contributed by atoms with Gasteiger partial charge in [-0.2, -0.15) is 0 Å². The lowest BCUT2D eigenvalue weighted by molar-refractivity contribution is -0.149. The molecule has 0 aliphatic carbocycles. The van der Waals surface area contributed by atoms with Gasteiger partial charge in [0.1, 0.15) is 6.04 Å². The van der Waals surface area contributed by atoms with Gasteiger partial charge in [0.15, 0.2) is 0 Å². The van der Waals surface area contributed by atoms with E-state index in [1.54, 1.807) is 0 Å². The number of hydrogen-bond donors (Lipinski definition) is 1. The molecule has 1 unspecified atom stereocenters. The van der Waals surface area contributed by atoms with Crippen molar-refractivity contribution < 1.29 is 9.53 Å². The van der Waals surface area contributed by atoms with Crippen molar-refractivity contribution in [2.24, 2.45) is 5.73 Å². The van der Waals surface area contributed by atoms with Crippen LogP contribution in [0.5, 0.6) is 0 Å². The van der Waals surface area contributed by atoms with Gasteiger partial charge < -0.3 is 10.5 Å².